The van der Waals surface area contributed by atoms with E-state index < -0.39 is 0 Å². The molecule has 3 heteroatoms. The highest BCUT2D eigenvalue weighted by molar-refractivity contribution is 5.85. The SMILES string of the molecule is CCC(=O)CNC(C)(C)C.Cl. The molecule has 0 aliphatic heterocycles. The molecule has 68 valence electrons. The minimum atomic E-state index is 0. The molecule has 0 aromatic heterocycles. The van der Waals surface area contributed by atoms with Gasteiger partial charge in [0.2, 0.25) is 0 Å². The number of nitrogens with one attached hydrogen (secondary N) is 1. The predicted molar refractivity (Wildman–Crippen MR) is 50.3 cm³/mol. The van der Waals surface area contributed by atoms with Gasteiger partial charge in [0, 0.05) is 12.0 Å². The van der Waals surface area contributed by atoms with E-state index in [1.54, 1.807) is 0 Å². The smallest absolute Gasteiger partial charge is 0.146 e. The Kier molecular flexibility index (Phi) is 6.82. The van der Waals surface area contributed by atoms with Crippen LogP contribution in [0.1, 0.15) is 34.1 Å². The van der Waals surface area contributed by atoms with E-state index >= 15 is 0 Å². The zero-order valence-electron chi connectivity index (χ0n) is 7.73. The summed E-state index contributed by atoms with van der Waals surface area (Å²) in [7, 11) is 0. The van der Waals surface area contributed by atoms with Crippen LogP contribution in [0.5, 0.6) is 0 Å². The van der Waals surface area contributed by atoms with E-state index in [4.69, 9.17) is 0 Å². The molecule has 11 heavy (non-hydrogen) atoms. The summed E-state index contributed by atoms with van der Waals surface area (Å²) >= 11 is 0. The first-order chi connectivity index (χ1) is 4.45. The zero-order chi connectivity index (χ0) is 8.20. The standard InChI is InChI=1S/C8H17NO.ClH/c1-5-7(10)6-9-8(2,3)4;/h9H,5-6H2,1-4H3;1H. The van der Waals surface area contributed by atoms with Crippen LogP contribution in [0.2, 0.25) is 0 Å². The van der Waals surface area contributed by atoms with Crippen molar-refractivity contribution in [3.63, 3.8) is 0 Å². The molecule has 0 unspecified atom stereocenters. The van der Waals surface area contributed by atoms with Gasteiger partial charge in [-0.15, -0.1) is 12.4 Å². The molecule has 2 nitrogen and oxygen atoms in total. The van der Waals surface area contributed by atoms with E-state index in [9.17, 15) is 4.79 Å². The Bertz CT molecular complexity index is 118. The molecule has 1 N–H and O–H groups in total. The number of hydrogen-bond acceptors (Lipinski definition) is 2. The summed E-state index contributed by atoms with van der Waals surface area (Å²) in [5.41, 5.74) is 0.0603. The fourth-order valence-corrected chi connectivity index (χ4v) is 0.489. The Morgan fingerprint density at radius 1 is 1.36 bits per heavy atom. The summed E-state index contributed by atoms with van der Waals surface area (Å²) in [4.78, 5) is 10.8. The first kappa shape index (κ1) is 13.5. The Balaban J connectivity index is 0. The van der Waals surface area contributed by atoms with Crippen molar-refractivity contribution in [1.82, 2.24) is 5.32 Å². The van der Waals surface area contributed by atoms with Gasteiger partial charge in [-0.25, -0.2) is 0 Å². The van der Waals surface area contributed by atoms with Crippen LogP contribution in [-0.4, -0.2) is 17.9 Å². The first-order valence-corrected chi connectivity index (χ1v) is 3.72. The minimum Gasteiger partial charge on any atom is -0.305 e. The Morgan fingerprint density at radius 3 is 2.09 bits per heavy atom. The van der Waals surface area contributed by atoms with Gasteiger partial charge < -0.3 is 5.32 Å². The number of Topliss-reactive ketones (excluding diaryl/α,β-unsaturated/α-hetero) is 1. The highest BCUT2D eigenvalue weighted by Crippen LogP contribution is 1.97. The third-order valence-electron chi connectivity index (χ3n) is 1.21. The minimum absolute atomic E-state index is 0. The van der Waals surface area contributed by atoms with Gasteiger partial charge in [0.15, 0.2) is 0 Å². The average Bonchev–Trinajstić information content (AvgIpc) is 1.81. The van der Waals surface area contributed by atoms with Gasteiger partial charge in [-0.3, -0.25) is 4.79 Å². The topological polar surface area (TPSA) is 29.1 Å². The van der Waals surface area contributed by atoms with Crippen LogP contribution in [0, 0.1) is 0 Å². The third-order valence-corrected chi connectivity index (χ3v) is 1.21. The van der Waals surface area contributed by atoms with Gasteiger partial charge in [0.1, 0.15) is 5.78 Å². The zero-order valence-corrected chi connectivity index (χ0v) is 8.55. The predicted octanol–water partition coefficient (Wildman–Crippen LogP) is 1.78. The molecule has 0 saturated heterocycles. The van der Waals surface area contributed by atoms with Gasteiger partial charge in [-0.1, -0.05) is 6.92 Å². The van der Waals surface area contributed by atoms with Crippen molar-refractivity contribution >= 4 is 18.2 Å². The molecule has 0 aliphatic rings. The van der Waals surface area contributed by atoms with Gasteiger partial charge in [-0.2, -0.15) is 0 Å². The molecule has 0 rings (SSSR count). The number of hydrogen-bond donors (Lipinski definition) is 1. The van der Waals surface area contributed by atoms with Crippen molar-refractivity contribution in [1.29, 1.82) is 0 Å². The molecule has 0 aromatic rings. The fourth-order valence-electron chi connectivity index (χ4n) is 0.489. The van der Waals surface area contributed by atoms with Crippen LogP contribution in [0.3, 0.4) is 0 Å². The van der Waals surface area contributed by atoms with E-state index in [0.717, 1.165) is 0 Å². The van der Waals surface area contributed by atoms with Crippen molar-refractivity contribution in [3.8, 4) is 0 Å². The molecule has 0 aliphatic carbocycles. The van der Waals surface area contributed by atoms with E-state index in [2.05, 4.69) is 26.1 Å². The number of carbonyl (C=O) groups is 1. The maximum absolute atomic E-state index is 10.8. The lowest BCUT2D eigenvalue weighted by molar-refractivity contribution is -0.118. The van der Waals surface area contributed by atoms with Crippen LogP contribution in [0.25, 0.3) is 0 Å². The molecule has 0 atom stereocenters. The van der Waals surface area contributed by atoms with Gasteiger partial charge in [0.25, 0.3) is 0 Å². The van der Waals surface area contributed by atoms with Crippen LogP contribution in [-0.2, 0) is 4.79 Å². The van der Waals surface area contributed by atoms with Crippen molar-refractivity contribution in [2.75, 3.05) is 6.54 Å². The summed E-state index contributed by atoms with van der Waals surface area (Å²) in [6.45, 7) is 8.54. The monoisotopic (exact) mass is 179 g/mol. The molecule has 0 saturated carbocycles. The highest BCUT2D eigenvalue weighted by atomic mass is 35.5. The number of carbonyl (C=O) groups excluding carboxylic acids is 1. The number of rotatable bonds is 3. The lowest BCUT2D eigenvalue weighted by atomic mass is 10.1. The highest BCUT2D eigenvalue weighted by Gasteiger charge is 2.09. The maximum atomic E-state index is 10.8. The van der Waals surface area contributed by atoms with Crippen LogP contribution < -0.4 is 5.32 Å². The lowest BCUT2D eigenvalue weighted by Crippen LogP contribution is -2.39. The quantitative estimate of drug-likeness (QED) is 0.716. The second-order valence-electron chi connectivity index (χ2n) is 3.50. The average molecular weight is 180 g/mol. The van der Waals surface area contributed by atoms with Crippen molar-refractivity contribution in [2.45, 2.75) is 39.7 Å². The molecule has 0 amide bonds. The molecule has 0 bridgehead atoms. The normalized spacial score (nSPS) is 10.5. The molecule has 0 radical (unpaired) electrons. The summed E-state index contributed by atoms with van der Waals surface area (Å²) < 4.78 is 0. The van der Waals surface area contributed by atoms with Gasteiger partial charge in [-0.05, 0) is 20.8 Å². The molecule has 0 heterocycles. The Morgan fingerprint density at radius 2 is 1.82 bits per heavy atom. The number of ketones is 1. The summed E-state index contributed by atoms with van der Waals surface area (Å²) in [5, 5.41) is 3.12. The van der Waals surface area contributed by atoms with Crippen LogP contribution in [0.15, 0.2) is 0 Å². The molecule has 0 aromatic carbocycles. The van der Waals surface area contributed by atoms with Gasteiger partial charge >= 0.3 is 0 Å². The first-order valence-electron chi connectivity index (χ1n) is 3.72. The van der Waals surface area contributed by atoms with E-state index in [1.165, 1.54) is 0 Å². The molecular weight excluding hydrogens is 162 g/mol. The van der Waals surface area contributed by atoms with Gasteiger partial charge in [0.05, 0.1) is 6.54 Å². The Hall–Kier alpha value is -0.0800. The summed E-state index contributed by atoms with van der Waals surface area (Å²) in [6, 6.07) is 0. The Labute approximate surface area is 75.2 Å². The summed E-state index contributed by atoms with van der Waals surface area (Å²) in [5.74, 6) is 0.273. The second kappa shape index (κ2) is 5.56. The van der Waals surface area contributed by atoms with E-state index in [0.29, 0.717) is 13.0 Å². The summed E-state index contributed by atoms with van der Waals surface area (Å²) in [6.07, 6.45) is 0.628. The molecular formula is C8H18ClNO. The maximum Gasteiger partial charge on any atom is 0.146 e. The van der Waals surface area contributed by atoms with Crippen molar-refractivity contribution in [2.24, 2.45) is 0 Å². The lowest BCUT2D eigenvalue weighted by Gasteiger charge is -2.19. The van der Waals surface area contributed by atoms with Crippen molar-refractivity contribution < 1.29 is 4.79 Å². The molecule has 0 fully saturated rings. The van der Waals surface area contributed by atoms with Crippen LogP contribution >= 0.6 is 12.4 Å². The largest absolute Gasteiger partial charge is 0.305 e. The van der Waals surface area contributed by atoms with Crippen LogP contribution in [0.4, 0.5) is 0 Å². The second-order valence-corrected chi connectivity index (χ2v) is 3.50. The molecule has 0 spiro atoms. The van der Waals surface area contributed by atoms with E-state index in [1.807, 2.05) is 6.92 Å². The number of halogens is 1. The van der Waals surface area contributed by atoms with E-state index in [-0.39, 0.29) is 23.7 Å². The third kappa shape index (κ3) is 9.92. The fraction of sp³-hybridized carbons (Fsp3) is 0.875. The van der Waals surface area contributed by atoms with Crippen molar-refractivity contribution in [3.05, 3.63) is 0 Å².